The zero-order valence-corrected chi connectivity index (χ0v) is 17.2. The van der Waals surface area contributed by atoms with Gasteiger partial charge in [0.2, 0.25) is 5.91 Å². The van der Waals surface area contributed by atoms with Crippen LogP contribution in [0, 0.1) is 12.8 Å². The highest BCUT2D eigenvalue weighted by Gasteiger charge is 2.38. The summed E-state index contributed by atoms with van der Waals surface area (Å²) in [4.78, 5) is 28.8. The first-order valence-electron chi connectivity index (χ1n) is 8.92. The highest BCUT2D eigenvalue weighted by molar-refractivity contribution is 7.99. The summed E-state index contributed by atoms with van der Waals surface area (Å²) >= 11 is 2.72. The standard InChI is InChI=1S/C21H20N2O3S2/c1-12-3-7-14(8-4-12)22-19(24)16-11-27-20-18(28-21(25)23-20)17(16)13-5-9-15(26-2)10-6-13/h3-10,16-17H,11H2,1-2H3,(H,22,24)(H,23,25)/t16-,17-/m1/s1. The Morgan fingerprint density at radius 1 is 1.14 bits per heavy atom. The van der Waals surface area contributed by atoms with Crippen molar-refractivity contribution in [1.82, 2.24) is 4.98 Å². The zero-order valence-electron chi connectivity index (χ0n) is 15.5. The number of hydrogen-bond acceptors (Lipinski definition) is 5. The van der Waals surface area contributed by atoms with E-state index in [0.29, 0.717) is 5.75 Å². The summed E-state index contributed by atoms with van der Waals surface area (Å²) in [5.41, 5.74) is 2.92. The number of thiazole rings is 1. The van der Waals surface area contributed by atoms with E-state index >= 15 is 0 Å². The Balaban J connectivity index is 1.68. The summed E-state index contributed by atoms with van der Waals surface area (Å²) < 4.78 is 5.26. The molecule has 2 aromatic carbocycles. The lowest BCUT2D eigenvalue weighted by Gasteiger charge is -2.30. The largest absolute Gasteiger partial charge is 0.497 e. The lowest BCUT2D eigenvalue weighted by atomic mass is 9.85. The third kappa shape index (κ3) is 3.72. The Hall–Kier alpha value is -2.51. The van der Waals surface area contributed by atoms with Crippen molar-refractivity contribution < 1.29 is 9.53 Å². The van der Waals surface area contributed by atoms with Gasteiger partial charge in [-0.25, -0.2) is 0 Å². The van der Waals surface area contributed by atoms with Gasteiger partial charge in [-0.1, -0.05) is 41.2 Å². The van der Waals surface area contributed by atoms with Gasteiger partial charge >= 0.3 is 4.87 Å². The van der Waals surface area contributed by atoms with Crippen molar-refractivity contribution in [3.8, 4) is 5.75 Å². The molecule has 2 heterocycles. The fraction of sp³-hybridized carbons (Fsp3) is 0.238. The van der Waals surface area contributed by atoms with Crippen LogP contribution in [-0.2, 0) is 4.79 Å². The van der Waals surface area contributed by atoms with E-state index in [0.717, 1.165) is 32.5 Å². The highest BCUT2D eigenvalue weighted by Crippen LogP contribution is 2.45. The van der Waals surface area contributed by atoms with Crippen LogP contribution in [0.4, 0.5) is 5.69 Å². The maximum atomic E-state index is 13.1. The maximum Gasteiger partial charge on any atom is 0.305 e. The minimum absolute atomic E-state index is 0.0383. The molecular formula is C21H20N2O3S2. The number of rotatable bonds is 4. The second kappa shape index (κ2) is 7.85. The maximum absolute atomic E-state index is 13.1. The van der Waals surface area contributed by atoms with Crippen molar-refractivity contribution in [2.75, 3.05) is 18.2 Å². The summed E-state index contributed by atoms with van der Waals surface area (Å²) in [5.74, 6) is 0.879. The Kier molecular flexibility index (Phi) is 5.28. The number of fused-ring (bicyclic) bond motifs is 1. The van der Waals surface area contributed by atoms with Crippen LogP contribution in [-0.4, -0.2) is 23.8 Å². The average molecular weight is 413 g/mol. The number of anilines is 1. The number of aromatic nitrogens is 1. The topological polar surface area (TPSA) is 71.2 Å². The number of aryl methyl sites for hydroxylation is 1. The lowest BCUT2D eigenvalue weighted by molar-refractivity contribution is -0.119. The molecule has 1 amide bonds. The first kappa shape index (κ1) is 18.8. The van der Waals surface area contributed by atoms with Gasteiger partial charge in [-0.15, -0.1) is 11.8 Å². The number of hydrogen-bond donors (Lipinski definition) is 2. The molecule has 28 heavy (non-hydrogen) atoms. The van der Waals surface area contributed by atoms with E-state index in [-0.39, 0.29) is 22.6 Å². The highest BCUT2D eigenvalue weighted by atomic mass is 32.2. The van der Waals surface area contributed by atoms with Crippen LogP contribution in [0.15, 0.2) is 58.4 Å². The van der Waals surface area contributed by atoms with Crippen LogP contribution in [0.25, 0.3) is 0 Å². The molecule has 0 saturated heterocycles. The van der Waals surface area contributed by atoms with Crippen molar-refractivity contribution in [3.05, 3.63) is 74.2 Å². The molecule has 3 aromatic rings. The molecule has 1 aromatic heterocycles. The third-order valence-electron chi connectivity index (χ3n) is 4.86. The van der Waals surface area contributed by atoms with Gasteiger partial charge in [0.25, 0.3) is 0 Å². The number of aromatic amines is 1. The van der Waals surface area contributed by atoms with E-state index < -0.39 is 0 Å². The Bertz CT molecular complexity index is 1040. The molecule has 0 spiro atoms. The number of benzene rings is 2. The van der Waals surface area contributed by atoms with Gasteiger partial charge in [-0.2, -0.15) is 0 Å². The van der Waals surface area contributed by atoms with Gasteiger partial charge in [-0.3, -0.25) is 9.59 Å². The summed E-state index contributed by atoms with van der Waals surface area (Å²) in [6.07, 6.45) is 0. The summed E-state index contributed by atoms with van der Waals surface area (Å²) in [6.45, 7) is 2.01. The van der Waals surface area contributed by atoms with Crippen molar-refractivity contribution in [2.45, 2.75) is 17.9 Å². The fourth-order valence-electron chi connectivity index (χ4n) is 3.38. The van der Waals surface area contributed by atoms with Crippen LogP contribution in [0.2, 0.25) is 0 Å². The number of carbonyl (C=O) groups is 1. The SMILES string of the molecule is COc1ccc([C@H]2c3sc(=O)[nH]c3SC[C@H]2C(=O)Nc2ccc(C)cc2)cc1. The summed E-state index contributed by atoms with van der Waals surface area (Å²) in [5, 5.41) is 3.91. The first-order chi connectivity index (χ1) is 13.5. The fourth-order valence-corrected chi connectivity index (χ4v) is 5.80. The van der Waals surface area contributed by atoms with Crippen LogP contribution in [0.3, 0.4) is 0 Å². The molecule has 7 heteroatoms. The normalized spacial score (nSPS) is 18.4. The molecule has 2 atom stereocenters. The monoisotopic (exact) mass is 412 g/mol. The lowest BCUT2D eigenvalue weighted by Crippen LogP contribution is -2.32. The number of nitrogens with one attached hydrogen (secondary N) is 2. The number of H-pyrrole nitrogens is 1. The van der Waals surface area contributed by atoms with Gasteiger partial charge < -0.3 is 15.0 Å². The molecule has 4 rings (SSSR count). The Labute approximate surface area is 171 Å². The van der Waals surface area contributed by atoms with Gasteiger partial charge in [0.15, 0.2) is 0 Å². The molecule has 0 saturated carbocycles. The van der Waals surface area contributed by atoms with E-state index in [4.69, 9.17) is 4.74 Å². The van der Waals surface area contributed by atoms with Gasteiger partial charge in [0.05, 0.1) is 18.1 Å². The van der Waals surface area contributed by atoms with E-state index in [1.165, 1.54) is 23.1 Å². The van der Waals surface area contributed by atoms with E-state index in [9.17, 15) is 9.59 Å². The smallest absolute Gasteiger partial charge is 0.305 e. The third-order valence-corrected chi connectivity index (χ3v) is 7.10. The molecular weight excluding hydrogens is 392 g/mol. The molecule has 2 N–H and O–H groups in total. The van der Waals surface area contributed by atoms with Gasteiger partial charge in [0.1, 0.15) is 5.75 Å². The molecule has 0 radical (unpaired) electrons. The zero-order chi connectivity index (χ0) is 19.7. The molecule has 144 valence electrons. The first-order valence-corrected chi connectivity index (χ1v) is 10.7. The number of ether oxygens (including phenoxy) is 1. The second-order valence-corrected chi connectivity index (χ2v) is 8.78. The number of methoxy groups -OCH3 is 1. The van der Waals surface area contributed by atoms with Crippen molar-refractivity contribution >= 4 is 34.7 Å². The van der Waals surface area contributed by atoms with E-state index in [2.05, 4.69) is 10.3 Å². The molecule has 1 aliphatic rings. The van der Waals surface area contributed by atoms with Crippen molar-refractivity contribution in [3.63, 3.8) is 0 Å². The van der Waals surface area contributed by atoms with Gasteiger partial charge in [-0.05, 0) is 36.8 Å². The Morgan fingerprint density at radius 2 is 1.86 bits per heavy atom. The van der Waals surface area contributed by atoms with Gasteiger partial charge in [0, 0.05) is 22.2 Å². The summed E-state index contributed by atoms with van der Waals surface area (Å²) in [6, 6.07) is 15.5. The average Bonchev–Trinajstić information content (AvgIpc) is 3.09. The second-order valence-electron chi connectivity index (χ2n) is 6.73. The van der Waals surface area contributed by atoms with Crippen molar-refractivity contribution in [1.29, 1.82) is 0 Å². The van der Waals surface area contributed by atoms with E-state index in [1.54, 1.807) is 7.11 Å². The van der Waals surface area contributed by atoms with Crippen LogP contribution in [0.1, 0.15) is 21.9 Å². The predicted molar refractivity (Wildman–Crippen MR) is 114 cm³/mol. The molecule has 1 aliphatic heterocycles. The molecule has 0 fully saturated rings. The minimum atomic E-state index is -0.279. The van der Waals surface area contributed by atoms with Crippen LogP contribution >= 0.6 is 23.1 Å². The predicted octanol–water partition coefficient (Wildman–Crippen LogP) is 4.25. The molecule has 0 bridgehead atoms. The minimum Gasteiger partial charge on any atom is -0.497 e. The van der Waals surface area contributed by atoms with Crippen LogP contribution < -0.4 is 14.9 Å². The molecule has 5 nitrogen and oxygen atoms in total. The summed E-state index contributed by atoms with van der Waals surface area (Å²) in [7, 11) is 1.63. The van der Waals surface area contributed by atoms with Crippen molar-refractivity contribution in [2.24, 2.45) is 5.92 Å². The molecule has 0 unspecified atom stereocenters. The number of carbonyl (C=O) groups excluding carboxylic acids is 1. The Morgan fingerprint density at radius 3 is 2.54 bits per heavy atom. The number of thioether (sulfide) groups is 1. The van der Waals surface area contributed by atoms with Crippen LogP contribution in [0.5, 0.6) is 5.75 Å². The van der Waals surface area contributed by atoms with E-state index in [1.807, 2.05) is 55.5 Å². The number of amides is 1. The molecule has 0 aliphatic carbocycles. The quantitative estimate of drug-likeness (QED) is 0.672.